The van der Waals surface area contributed by atoms with Crippen LogP contribution in [0.4, 0.5) is 11.6 Å². The third-order valence-electron chi connectivity index (χ3n) is 6.53. The number of carbonyl (C=O) groups is 1. The molecule has 4 rings (SSSR count). The third kappa shape index (κ3) is 4.98. The molecule has 0 spiro atoms. The van der Waals surface area contributed by atoms with Crippen molar-refractivity contribution in [3.8, 4) is 10.4 Å². The number of aromatic nitrogens is 3. The number of hydrogen-bond acceptors (Lipinski definition) is 8. The molecule has 2 N–H and O–H groups in total. The second-order valence-electron chi connectivity index (χ2n) is 10.0. The molecule has 1 fully saturated rings. The van der Waals surface area contributed by atoms with E-state index < -0.39 is 11.0 Å². The molecule has 34 heavy (non-hydrogen) atoms. The molecule has 1 aliphatic carbocycles. The number of benzene rings is 1. The highest BCUT2D eigenvalue weighted by molar-refractivity contribution is 7.15. The highest BCUT2D eigenvalue weighted by Crippen LogP contribution is 2.51. The summed E-state index contributed by atoms with van der Waals surface area (Å²) in [6.07, 6.45) is 3.33. The maximum atomic E-state index is 12.2. The van der Waals surface area contributed by atoms with Crippen LogP contribution in [-0.2, 0) is 15.1 Å². The van der Waals surface area contributed by atoms with Crippen LogP contribution in [0.1, 0.15) is 55.1 Å². The van der Waals surface area contributed by atoms with Crippen LogP contribution in [0, 0.1) is 32.1 Å². The Labute approximate surface area is 204 Å². The molecule has 0 bridgehead atoms. The van der Waals surface area contributed by atoms with Gasteiger partial charge in [-0.25, -0.2) is 15.0 Å². The first-order valence-electron chi connectivity index (χ1n) is 11.5. The van der Waals surface area contributed by atoms with E-state index >= 15 is 0 Å². The number of anilines is 2. The molecular formula is C26H32N4O3S. The summed E-state index contributed by atoms with van der Waals surface area (Å²) in [7, 11) is 1.42. The van der Waals surface area contributed by atoms with Gasteiger partial charge in [0.2, 0.25) is 5.95 Å². The Hall–Kier alpha value is -2.84. The summed E-state index contributed by atoms with van der Waals surface area (Å²) < 4.78 is 4.99. The minimum atomic E-state index is -1.06. The molecule has 2 aromatic heterocycles. The molecule has 7 nitrogen and oxygen atoms in total. The van der Waals surface area contributed by atoms with Crippen LogP contribution >= 0.6 is 11.3 Å². The first-order valence-corrected chi connectivity index (χ1v) is 12.3. The van der Waals surface area contributed by atoms with Crippen molar-refractivity contribution >= 4 is 28.9 Å². The van der Waals surface area contributed by atoms with Crippen molar-refractivity contribution in [2.45, 2.75) is 59.5 Å². The van der Waals surface area contributed by atoms with E-state index in [1.165, 1.54) is 18.4 Å². The van der Waals surface area contributed by atoms with Gasteiger partial charge >= 0.3 is 5.97 Å². The molecule has 2 atom stereocenters. The molecule has 0 unspecified atom stereocenters. The quantitative estimate of drug-likeness (QED) is 0.468. The summed E-state index contributed by atoms with van der Waals surface area (Å²) in [5.41, 5.74) is 3.38. The SMILES string of the molecule is COC(=O)[C@H]1CC[C@](O)(c2ncc(-c3cc(C)cc(Nc4nc(C)cc(C)n4)c3)s2)CC1(C)C. The number of thiazole rings is 1. The number of ether oxygens (including phenoxy) is 1. The molecule has 1 aliphatic rings. The number of nitrogens with one attached hydrogen (secondary N) is 1. The predicted octanol–water partition coefficient (Wildman–Crippen LogP) is 5.46. The molecule has 180 valence electrons. The number of hydrogen-bond donors (Lipinski definition) is 2. The van der Waals surface area contributed by atoms with Crippen molar-refractivity contribution in [1.29, 1.82) is 0 Å². The van der Waals surface area contributed by atoms with Crippen LogP contribution in [-0.4, -0.2) is 33.1 Å². The monoisotopic (exact) mass is 480 g/mol. The van der Waals surface area contributed by atoms with Crippen molar-refractivity contribution in [3.05, 3.63) is 52.4 Å². The van der Waals surface area contributed by atoms with Gasteiger partial charge in [0, 0.05) is 23.3 Å². The number of aryl methyl sites for hydroxylation is 3. The summed E-state index contributed by atoms with van der Waals surface area (Å²) >= 11 is 1.50. The van der Waals surface area contributed by atoms with Crippen LogP contribution in [0.2, 0.25) is 0 Å². The first-order chi connectivity index (χ1) is 16.0. The van der Waals surface area contributed by atoms with Gasteiger partial charge in [-0.05, 0) is 74.8 Å². The molecule has 0 aliphatic heterocycles. The van der Waals surface area contributed by atoms with Gasteiger partial charge in [-0.1, -0.05) is 19.9 Å². The average Bonchev–Trinajstić information content (AvgIpc) is 3.23. The Kier molecular flexibility index (Phi) is 6.48. The van der Waals surface area contributed by atoms with Crippen LogP contribution in [0.15, 0.2) is 30.5 Å². The number of esters is 1. The molecule has 0 radical (unpaired) electrons. The lowest BCUT2D eigenvalue weighted by molar-refractivity contribution is -0.157. The Morgan fingerprint density at radius 2 is 1.85 bits per heavy atom. The molecule has 0 amide bonds. The van der Waals surface area contributed by atoms with Crippen LogP contribution in [0.3, 0.4) is 0 Å². The predicted molar refractivity (Wildman–Crippen MR) is 134 cm³/mol. The standard InChI is InChI=1S/C26H32N4O3S/c1-15-9-18(12-19(10-15)30-24-28-16(2)11-17(3)29-24)21-13-27-23(34-21)26(32)8-7-20(22(31)33-6)25(4,5)14-26/h9-13,20,32H,7-8,14H2,1-6H3,(H,28,29,30)/t20-,26-/m1/s1. The fourth-order valence-corrected chi connectivity index (χ4v) is 6.05. The Bertz CT molecular complexity index is 1200. The molecule has 1 saturated carbocycles. The third-order valence-corrected chi connectivity index (χ3v) is 7.77. The second kappa shape index (κ2) is 9.07. The van der Waals surface area contributed by atoms with E-state index in [9.17, 15) is 9.90 Å². The van der Waals surface area contributed by atoms with Crippen molar-refractivity contribution in [3.63, 3.8) is 0 Å². The van der Waals surface area contributed by atoms with Crippen LogP contribution < -0.4 is 5.32 Å². The zero-order chi connectivity index (χ0) is 24.7. The van der Waals surface area contributed by atoms with Gasteiger partial charge in [-0.15, -0.1) is 11.3 Å². The maximum absolute atomic E-state index is 12.2. The minimum Gasteiger partial charge on any atom is -0.469 e. The lowest BCUT2D eigenvalue weighted by Gasteiger charge is -2.44. The summed E-state index contributed by atoms with van der Waals surface area (Å²) in [6.45, 7) is 9.97. The number of carbonyl (C=O) groups excluding carboxylic acids is 1. The van der Waals surface area contributed by atoms with Crippen molar-refractivity contribution in [2.24, 2.45) is 11.3 Å². The van der Waals surface area contributed by atoms with Crippen molar-refractivity contribution < 1.29 is 14.6 Å². The van der Waals surface area contributed by atoms with E-state index in [4.69, 9.17) is 4.74 Å². The zero-order valence-electron chi connectivity index (χ0n) is 20.6. The topological polar surface area (TPSA) is 97.2 Å². The Morgan fingerprint density at radius 1 is 1.15 bits per heavy atom. The number of aliphatic hydroxyl groups is 1. The lowest BCUT2D eigenvalue weighted by atomic mass is 9.63. The van der Waals surface area contributed by atoms with Gasteiger partial charge < -0.3 is 15.2 Å². The Balaban J connectivity index is 1.59. The van der Waals surface area contributed by atoms with E-state index in [1.54, 1.807) is 0 Å². The fourth-order valence-electron chi connectivity index (χ4n) is 5.03. The molecule has 2 heterocycles. The van der Waals surface area contributed by atoms with Gasteiger partial charge in [0.15, 0.2) is 0 Å². The van der Waals surface area contributed by atoms with Crippen LogP contribution in [0.25, 0.3) is 10.4 Å². The maximum Gasteiger partial charge on any atom is 0.309 e. The van der Waals surface area contributed by atoms with Gasteiger partial charge in [-0.3, -0.25) is 4.79 Å². The number of rotatable bonds is 5. The smallest absolute Gasteiger partial charge is 0.309 e. The van der Waals surface area contributed by atoms with Crippen molar-refractivity contribution in [1.82, 2.24) is 15.0 Å². The second-order valence-corrected chi connectivity index (χ2v) is 11.1. The molecular weight excluding hydrogens is 448 g/mol. The summed E-state index contributed by atoms with van der Waals surface area (Å²) in [5.74, 6) is 0.132. The van der Waals surface area contributed by atoms with E-state index in [0.717, 1.165) is 33.1 Å². The number of methoxy groups -OCH3 is 1. The minimum absolute atomic E-state index is 0.209. The Morgan fingerprint density at radius 3 is 2.50 bits per heavy atom. The molecule has 8 heteroatoms. The number of nitrogens with zero attached hydrogens (tertiary/aromatic N) is 3. The summed E-state index contributed by atoms with van der Waals surface area (Å²) in [6, 6.07) is 8.15. The van der Waals surface area contributed by atoms with Crippen LogP contribution in [0.5, 0.6) is 0 Å². The first kappa shape index (κ1) is 24.3. The fraction of sp³-hybridized carbons (Fsp3) is 0.462. The average molecular weight is 481 g/mol. The highest BCUT2D eigenvalue weighted by atomic mass is 32.1. The molecule has 0 saturated heterocycles. The molecule has 1 aromatic carbocycles. The van der Waals surface area contributed by atoms with Gasteiger partial charge in [0.1, 0.15) is 10.6 Å². The van der Waals surface area contributed by atoms with E-state index in [2.05, 4.69) is 32.4 Å². The largest absolute Gasteiger partial charge is 0.469 e. The van der Waals surface area contributed by atoms with E-state index in [-0.39, 0.29) is 11.9 Å². The van der Waals surface area contributed by atoms with Gasteiger partial charge in [-0.2, -0.15) is 0 Å². The lowest BCUT2D eigenvalue weighted by Crippen LogP contribution is -2.45. The van der Waals surface area contributed by atoms with E-state index in [1.807, 2.05) is 52.9 Å². The summed E-state index contributed by atoms with van der Waals surface area (Å²) in [4.78, 5) is 26.8. The zero-order valence-corrected chi connectivity index (χ0v) is 21.4. The highest BCUT2D eigenvalue weighted by Gasteiger charge is 2.49. The van der Waals surface area contributed by atoms with Gasteiger partial charge in [0.25, 0.3) is 0 Å². The molecule has 3 aromatic rings. The normalized spacial score (nSPS) is 21.8. The van der Waals surface area contributed by atoms with Gasteiger partial charge in [0.05, 0.1) is 17.9 Å². The van der Waals surface area contributed by atoms with Crippen molar-refractivity contribution in [2.75, 3.05) is 12.4 Å². The van der Waals surface area contributed by atoms with E-state index in [0.29, 0.717) is 30.2 Å². The summed E-state index contributed by atoms with van der Waals surface area (Å²) in [5, 5.41) is 15.5.